The van der Waals surface area contributed by atoms with Gasteiger partial charge < -0.3 is 10.2 Å². The standard InChI is InChI=1S/C18H17Cl2N3O/c1-23-11-13(12-6-3-2-4-7-12)10-16(23)21-18(24)22-17-14(19)8-5-9-15(17)20/h2-9,13H,10-11H2,1H3,(H,22,24). The quantitative estimate of drug-likeness (QED) is 0.813. The number of likely N-dealkylation sites (N-methyl/N-ethyl adjacent to an activating group) is 1. The van der Waals surface area contributed by atoms with Crippen LogP contribution >= 0.6 is 23.2 Å². The van der Waals surface area contributed by atoms with Gasteiger partial charge in [-0.15, -0.1) is 0 Å². The Morgan fingerprint density at radius 2 is 1.79 bits per heavy atom. The van der Waals surface area contributed by atoms with Crippen LogP contribution in [0.2, 0.25) is 10.0 Å². The lowest BCUT2D eigenvalue weighted by atomic mass is 9.98. The Kier molecular flexibility index (Phi) is 5.07. The zero-order valence-electron chi connectivity index (χ0n) is 13.2. The normalized spacial score (nSPS) is 18.9. The van der Waals surface area contributed by atoms with E-state index in [0.717, 1.165) is 18.8 Å². The van der Waals surface area contributed by atoms with E-state index in [-0.39, 0.29) is 0 Å². The molecule has 1 aliphatic heterocycles. The first-order valence-electron chi connectivity index (χ1n) is 7.63. The number of rotatable bonds is 2. The van der Waals surface area contributed by atoms with Crippen molar-refractivity contribution < 1.29 is 4.79 Å². The first kappa shape index (κ1) is 16.8. The molecule has 2 aromatic rings. The fourth-order valence-corrected chi connectivity index (χ4v) is 3.32. The average Bonchev–Trinajstić information content (AvgIpc) is 2.93. The molecule has 0 radical (unpaired) electrons. The number of likely N-dealkylation sites (tertiary alicyclic amines) is 1. The minimum absolute atomic E-state index is 0.339. The summed E-state index contributed by atoms with van der Waals surface area (Å²) < 4.78 is 0. The zero-order valence-corrected chi connectivity index (χ0v) is 14.7. The average molecular weight is 362 g/mol. The molecular formula is C18H17Cl2N3O. The molecular weight excluding hydrogens is 345 g/mol. The summed E-state index contributed by atoms with van der Waals surface area (Å²) in [6, 6.07) is 14.8. The molecule has 0 spiro atoms. The highest BCUT2D eigenvalue weighted by atomic mass is 35.5. The van der Waals surface area contributed by atoms with Crippen LogP contribution in [-0.4, -0.2) is 30.4 Å². The highest BCUT2D eigenvalue weighted by Crippen LogP contribution is 2.31. The Morgan fingerprint density at radius 3 is 2.46 bits per heavy atom. The van der Waals surface area contributed by atoms with Gasteiger partial charge in [-0.05, 0) is 17.7 Å². The van der Waals surface area contributed by atoms with Gasteiger partial charge in [-0.2, -0.15) is 4.99 Å². The molecule has 1 atom stereocenters. The Morgan fingerprint density at radius 1 is 1.12 bits per heavy atom. The summed E-state index contributed by atoms with van der Waals surface area (Å²) in [5.74, 6) is 1.09. The number of carbonyl (C=O) groups excluding carboxylic acids is 1. The molecule has 1 N–H and O–H groups in total. The van der Waals surface area contributed by atoms with E-state index in [1.807, 2.05) is 30.1 Å². The molecule has 1 aliphatic rings. The minimum Gasteiger partial charge on any atom is -0.362 e. The second-order valence-corrected chi connectivity index (χ2v) is 6.56. The maximum atomic E-state index is 12.2. The van der Waals surface area contributed by atoms with Crippen molar-refractivity contribution in [2.45, 2.75) is 12.3 Å². The second-order valence-electron chi connectivity index (χ2n) is 5.75. The summed E-state index contributed by atoms with van der Waals surface area (Å²) >= 11 is 12.1. The van der Waals surface area contributed by atoms with E-state index in [0.29, 0.717) is 21.7 Å². The molecule has 2 amide bonds. The van der Waals surface area contributed by atoms with Crippen LogP contribution in [-0.2, 0) is 0 Å². The number of amidine groups is 1. The van der Waals surface area contributed by atoms with Crippen LogP contribution in [0.1, 0.15) is 17.9 Å². The maximum absolute atomic E-state index is 12.2. The molecule has 2 aromatic carbocycles. The smallest absolute Gasteiger partial charge is 0.347 e. The fourth-order valence-electron chi connectivity index (χ4n) is 2.83. The number of aliphatic imine (C=N–C) groups is 1. The lowest BCUT2D eigenvalue weighted by Gasteiger charge is -2.12. The van der Waals surface area contributed by atoms with Crippen molar-refractivity contribution in [2.75, 3.05) is 18.9 Å². The van der Waals surface area contributed by atoms with Crippen molar-refractivity contribution in [1.29, 1.82) is 0 Å². The number of hydrogen-bond acceptors (Lipinski definition) is 1. The number of urea groups is 1. The Balaban J connectivity index is 1.73. The Hall–Kier alpha value is -2.04. The van der Waals surface area contributed by atoms with Crippen LogP contribution in [0.3, 0.4) is 0 Å². The molecule has 0 aliphatic carbocycles. The lowest BCUT2D eigenvalue weighted by Crippen LogP contribution is -2.22. The molecule has 6 heteroatoms. The molecule has 1 heterocycles. The number of hydrogen-bond donors (Lipinski definition) is 1. The highest BCUT2D eigenvalue weighted by Gasteiger charge is 2.27. The monoisotopic (exact) mass is 361 g/mol. The number of para-hydroxylation sites is 1. The van der Waals surface area contributed by atoms with Gasteiger partial charge in [-0.1, -0.05) is 59.6 Å². The maximum Gasteiger partial charge on any atom is 0.347 e. The summed E-state index contributed by atoms with van der Waals surface area (Å²) in [5, 5.41) is 3.44. The molecule has 3 rings (SSSR count). The zero-order chi connectivity index (χ0) is 17.1. The summed E-state index contributed by atoms with van der Waals surface area (Å²) in [7, 11) is 1.94. The first-order chi connectivity index (χ1) is 11.5. The molecule has 24 heavy (non-hydrogen) atoms. The van der Waals surface area contributed by atoms with Crippen LogP contribution in [0.5, 0.6) is 0 Å². The van der Waals surface area contributed by atoms with Gasteiger partial charge in [-0.3, -0.25) is 0 Å². The van der Waals surface area contributed by atoms with Gasteiger partial charge in [0.05, 0.1) is 15.7 Å². The fraction of sp³-hybridized carbons (Fsp3) is 0.222. The van der Waals surface area contributed by atoms with Crippen molar-refractivity contribution in [1.82, 2.24) is 4.90 Å². The van der Waals surface area contributed by atoms with Crippen LogP contribution in [0.4, 0.5) is 10.5 Å². The predicted octanol–water partition coefficient (Wildman–Crippen LogP) is 5.04. The SMILES string of the molecule is CN1CC(c2ccccc2)CC1=NC(=O)Nc1c(Cl)cccc1Cl. The number of nitrogens with one attached hydrogen (secondary N) is 1. The summed E-state index contributed by atoms with van der Waals surface area (Å²) in [6.07, 6.45) is 0.726. The predicted molar refractivity (Wildman–Crippen MR) is 99.3 cm³/mol. The van der Waals surface area contributed by atoms with E-state index in [1.54, 1.807) is 18.2 Å². The Labute approximate surface area is 151 Å². The third-order valence-corrected chi connectivity index (χ3v) is 4.69. The summed E-state index contributed by atoms with van der Waals surface area (Å²) in [6.45, 7) is 0.836. The second kappa shape index (κ2) is 7.24. The van der Waals surface area contributed by atoms with Crippen LogP contribution in [0.15, 0.2) is 53.5 Å². The molecule has 1 unspecified atom stereocenters. The Bertz CT molecular complexity index is 757. The van der Waals surface area contributed by atoms with Crippen molar-refractivity contribution in [3.05, 3.63) is 64.1 Å². The van der Waals surface area contributed by atoms with E-state index in [4.69, 9.17) is 23.2 Å². The van der Waals surface area contributed by atoms with E-state index in [2.05, 4.69) is 22.4 Å². The van der Waals surface area contributed by atoms with Gasteiger partial charge in [0.2, 0.25) is 0 Å². The third kappa shape index (κ3) is 3.71. The number of anilines is 1. The summed E-state index contributed by atoms with van der Waals surface area (Å²) in [4.78, 5) is 18.4. The minimum atomic E-state index is -0.472. The van der Waals surface area contributed by atoms with Gasteiger partial charge in [0.15, 0.2) is 0 Å². The highest BCUT2D eigenvalue weighted by molar-refractivity contribution is 6.39. The molecule has 0 bridgehead atoms. The van der Waals surface area contributed by atoms with Crippen molar-refractivity contribution in [2.24, 2.45) is 4.99 Å². The van der Waals surface area contributed by atoms with E-state index in [9.17, 15) is 4.79 Å². The lowest BCUT2D eigenvalue weighted by molar-refractivity contribution is 0.259. The van der Waals surface area contributed by atoms with Gasteiger partial charge >= 0.3 is 6.03 Å². The van der Waals surface area contributed by atoms with E-state index in [1.165, 1.54) is 5.56 Å². The van der Waals surface area contributed by atoms with Crippen LogP contribution < -0.4 is 5.32 Å². The van der Waals surface area contributed by atoms with Gasteiger partial charge in [0.25, 0.3) is 0 Å². The molecule has 1 fully saturated rings. The molecule has 0 saturated carbocycles. The molecule has 124 valence electrons. The topological polar surface area (TPSA) is 44.7 Å². The van der Waals surface area contributed by atoms with Crippen molar-refractivity contribution >= 4 is 40.8 Å². The number of carbonyl (C=O) groups is 1. The molecule has 4 nitrogen and oxygen atoms in total. The van der Waals surface area contributed by atoms with Crippen LogP contribution in [0.25, 0.3) is 0 Å². The molecule has 1 saturated heterocycles. The van der Waals surface area contributed by atoms with Gasteiger partial charge in [-0.25, -0.2) is 4.79 Å². The van der Waals surface area contributed by atoms with Crippen molar-refractivity contribution in [3.8, 4) is 0 Å². The largest absolute Gasteiger partial charge is 0.362 e. The third-order valence-electron chi connectivity index (χ3n) is 4.06. The van der Waals surface area contributed by atoms with E-state index >= 15 is 0 Å². The number of benzene rings is 2. The van der Waals surface area contributed by atoms with Gasteiger partial charge in [0.1, 0.15) is 5.84 Å². The first-order valence-corrected chi connectivity index (χ1v) is 8.39. The van der Waals surface area contributed by atoms with Crippen LogP contribution in [0, 0.1) is 0 Å². The molecule has 0 aromatic heterocycles. The van der Waals surface area contributed by atoms with Gasteiger partial charge in [0, 0.05) is 25.9 Å². The number of halogens is 2. The number of nitrogens with zero attached hydrogens (tertiary/aromatic N) is 2. The van der Waals surface area contributed by atoms with E-state index < -0.39 is 6.03 Å². The summed E-state index contributed by atoms with van der Waals surface area (Å²) in [5.41, 5.74) is 1.64. The number of amides is 2. The van der Waals surface area contributed by atoms with Crippen molar-refractivity contribution in [3.63, 3.8) is 0 Å².